The van der Waals surface area contributed by atoms with Gasteiger partial charge in [0.15, 0.2) is 0 Å². The summed E-state index contributed by atoms with van der Waals surface area (Å²) < 4.78 is 23.2. The van der Waals surface area contributed by atoms with E-state index in [4.69, 9.17) is 9.05 Å². The van der Waals surface area contributed by atoms with Crippen molar-refractivity contribution in [3.63, 3.8) is 0 Å². The molecule has 3 unspecified atom stereocenters. The first-order valence-electron chi connectivity index (χ1n) is 29.8. The molecule has 0 aliphatic heterocycles. The molecule has 0 aromatic carbocycles. The molecule has 1 amide bonds. The fourth-order valence-corrected chi connectivity index (χ4v) is 9.66. The third-order valence-electron chi connectivity index (χ3n) is 13.6. The number of nitrogens with zero attached hydrogens (tertiary/aromatic N) is 1. The number of carbonyl (C=O) groups excluding carboxylic acids is 1. The average molecular weight is 994 g/mol. The van der Waals surface area contributed by atoms with Crippen molar-refractivity contribution in [3.05, 3.63) is 36.5 Å². The Kier molecular flexibility index (Phi) is 50.7. The SMILES string of the molecule is CCCCCCC/C=C\C/C=C\C/C=C\CCCCCCCCCCCCCCCCCCCCCCCCCCCCC(=O)NC(COP(=O)([O-])OCC[N+](C)(C)C)C(O)CCCCCCCC. The quantitative estimate of drug-likeness (QED) is 0.0272. The number of carbonyl (C=O) groups is 1. The Morgan fingerprint density at radius 2 is 0.841 bits per heavy atom. The van der Waals surface area contributed by atoms with Crippen molar-refractivity contribution in [1.82, 2.24) is 5.32 Å². The Balaban J connectivity index is 3.67. The van der Waals surface area contributed by atoms with Gasteiger partial charge < -0.3 is 28.8 Å². The van der Waals surface area contributed by atoms with Gasteiger partial charge in [0.2, 0.25) is 5.91 Å². The lowest BCUT2D eigenvalue weighted by Crippen LogP contribution is -2.46. The molecule has 2 N–H and O–H groups in total. The van der Waals surface area contributed by atoms with E-state index in [2.05, 4.69) is 55.6 Å². The first-order chi connectivity index (χ1) is 33.5. The number of likely N-dealkylation sites (N-methyl/N-ethyl adjacent to an activating group) is 1. The van der Waals surface area contributed by atoms with E-state index in [1.54, 1.807) is 0 Å². The van der Waals surface area contributed by atoms with Gasteiger partial charge in [0.25, 0.3) is 7.82 Å². The average Bonchev–Trinajstić information content (AvgIpc) is 3.31. The number of aliphatic hydroxyl groups excluding tert-OH is 1. The number of unbranched alkanes of at least 4 members (excludes halogenated alkanes) is 36. The minimum Gasteiger partial charge on any atom is -0.756 e. The summed E-state index contributed by atoms with van der Waals surface area (Å²) in [4.78, 5) is 25.3. The molecule has 9 heteroatoms. The maximum atomic E-state index is 12.8. The molecule has 408 valence electrons. The molecule has 3 atom stereocenters. The molecule has 0 fully saturated rings. The normalized spacial score (nSPS) is 14.1. The van der Waals surface area contributed by atoms with Crippen molar-refractivity contribution < 1.29 is 32.9 Å². The molecule has 0 bridgehead atoms. The summed E-state index contributed by atoms with van der Waals surface area (Å²) in [6, 6.07) is -0.794. The van der Waals surface area contributed by atoms with Crippen LogP contribution in [-0.2, 0) is 18.4 Å². The van der Waals surface area contributed by atoms with Gasteiger partial charge in [0.05, 0.1) is 39.9 Å². The maximum Gasteiger partial charge on any atom is 0.268 e. The maximum absolute atomic E-state index is 12.8. The molecule has 0 spiro atoms. The van der Waals surface area contributed by atoms with Crippen LogP contribution < -0.4 is 10.2 Å². The van der Waals surface area contributed by atoms with E-state index < -0.39 is 20.0 Å². The van der Waals surface area contributed by atoms with E-state index in [1.165, 1.54) is 212 Å². The highest BCUT2D eigenvalue weighted by atomic mass is 31.2. The summed E-state index contributed by atoms with van der Waals surface area (Å²) in [5.74, 6) is -0.166. The van der Waals surface area contributed by atoms with Gasteiger partial charge in [0.1, 0.15) is 13.2 Å². The Hall–Kier alpha value is -1.28. The van der Waals surface area contributed by atoms with E-state index >= 15 is 0 Å². The van der Waals surface area contributed by atoms with Gasteiger partial charge in [-0.3, -0.25) is 9.36 Å². The van der Waals surface area contributed by atoms with E-state index in [0.29, 0.717) is 23.9 Å². The summed E-state index contributed by atoms with van der Waals surface area (Å²) >= 11 is 0. The largest absolute Gasteiger partial charge is 0.756 e. The Labute approximate surface area is 429 Å². The zero-order valence-corrected chi connectivity index (χ0v) is 47.4. The molecule has 0 aliphatic carbocycles. The second kappa shape index (κ2) is 51.6. The molecule has 0 radical (unpaired) electrons. The topological polar surface area (TPSA) is 108 Å². The summed E-state index contributed by atoms with van der Waals surface area (Å²) in [7, 11) is 1.31. The second-order valence-electron chi connectivity index (χ2n) is 21.7. The van der Waals surface area contributed by atoms with Crippen molar-refractivity contribution in [1.29, 1.82) is 0 Å². The lowest BCUT2D eigenvalue weighted by Gasteiger charge is -2.30. The van der Waals surface area contributed by atoms with Crippen LogP contribution in [0.3, 0.4) is 0 Å². The minimum atomic E-state index is -4.55. The summed E-state index contributed by atoms with van der Waals surface area (Å²) in [6.07, 6.45) is 66.9. The second-order valence-corrected chi connectivity index (χ2v) is 23.1. The number of phosphoric ester groups is 1. The number of hydrogen-bond donors (Lipinski definition) is 2. The molecule has 0 aromatic heterocycles. The predicted molar refractivity (Wildman–Crippen MR) is 298 cm³/mol. The Morgan fingerprint density at radius 3 is 1.22 bits per heavy atom. The fraction of sp³-hybridized carbons (Fsp3) is 0.883. The van der Waals surface area contributed by atoms with Gasteiger partial charge in [-0.2, -0.15) is 0 Å². The molecule has 8 nitrogen and oxygen atoms in total. The van der Waals surface area contributed by atoms with Gasteiger partial charge >= 0.3 is 0 Å². The summed E-state index contributed by atoms with van der Waals surface area (Å²) in [5, 5.41) is 13.8. The van der Waals surface area contributed by atoms with Gasteiger partial charge in [0, 0.05) is 6.42 Å². The Morgan fingerprint density at radius 1 is 0.507 bits per heavy atom. The van der Waals surface area contributed by atoms with E-state index in [-0.39, 0.29) is 19.1 Å². The monoisotopic (exact) mass is 993 g/mol. The molecule has 69 heavy (non-hydrogen) atoms. The molecular formula is C60H117N2O6P. The first-order valence-corrected chi connectivity index (χ1v) is 31.3. The van der Waals surface area contributed by atoms with Crippen molar-refractivity contribution in [3.8, 4) is 0 Å². The van der Waals surface area contributed by atoms with E-state index in [0.717, 1.165) is 51.4 Å². The lowest BCUT2D eigenvalue weighted by molar-refractivity contribution is -0.870. The zero-order chi connectivity index (χ0) is 50.6. The van der Waals surface area contributed by atoms with Gasteiger partial charge in [-0.05, 0) is 51.4 Å². The van der Waals surface area contributed by atoms with Crippen LogP contribution in [0.1, 0.15) is 290 Å². The molecule has 0 aromatic rings. The number of phosphoric acid groups is 1. The number of hydrogen-bond acceptors (Lipinski definition) is 6. The van der Waals surface area contributed by atoms with Crippen molar-refractivity contribution >= 4 is 13.7 Å². The number of aliphatic hydroxyl groups is 1. The number of amides is 1. The van der Waals surface area contributed by atoms with Crippen LogP contribution in [0.15, 0.2) is 36.5 Å². The number of quaternary nitrogens is 1. The standard InChI is InChI=1S/C60H117N2O6P/c1-6-8-10-12-14-15-16-17-18-19-20-21-22-23-24-25-26-27-28-29-30-31-32-33-34-35-36-37-38-39-40-41-42-43-44-45-46-47-48-50-52-54-60(64)61-58(59(63)53-51-49-13-11-9-7-2)57-68-69(65,66)67-56-55-62(3,4)5/h16-17,19-20,22-23,58-59,63H,6-15,18,21,24-57H2,1-5H3,(H-,61,64,65,66)/b17-16-,20-19-,23-22-. The predicted octanol–water partition coefficient (Wildman–Crippen LogP) is 17.5. The highest BCUT2D eigenvalue weighted by Gasteiger charge is 2.24. The third-order valence-corrected chi connectivity index (χ3v) is 14.6. The Bertz CT molecular complexity index is 1220. The van der Waals surface area contributed by atoms with Gasteiger partial charge in [-0.15, -0.1) is 0 Å². The number of rotatable bonds is 55. The van der Waals surface area contributed by atoms with E-state index in [1.807, 2.05) is 21.1 Å². The third kappa shape index (κ3) is 54.3. The number of allylic oxidation sites excluding steroid dienone is 6. The van der Waals surface area contributed by atoms with Crippen molar-refractivity contribution in [2.45, 2.75) is 302 Å². The van der Waals surface area contributed by atoms with Gasteiger partial charge in [-0.25, -0.2) is 0 Å². The molecule has 0 aliphatic rings. The first kappa shape index (κ1) is 67.7. The lowest BCUT2D eigenvalue weighted by atomic mass is 10.0. The van der Waals surface area contributed by atoms with Gasteiger partial charge in [-0.1, -0.05) is 269 Å². The fourth-order valence-electron chi connectivity index (χ4n) is 8.93. The zero-order valence-electron chi connectivity index (χ0n) is 46.5. The van der Waals surface area contributed by atoms with Crippen LogP contribution in [0, 0.1) is 0 Å². The highest BCUT2D eigenvalue weighted by molar-refractivity contribution is 7.45. The van der Waals surface area contributed by atoms with Crippen molar-refractivity contribution in [2.24, 2.45) is 0 Å². The summed E-state index contributed by atoms with van der Waals surface area (Å²) in [5.41, 5.74) is 0. The highest BCUT2D eigenvalue weighted by Crippen LogP contribution is 2.38. The molecule has 0 saturated carbocycles. The van der Waals surface area contributed by atoms with Crippen LogP contribution in [0.25, 0.3) is 0 Å². The molecule has 0 heterocycles. The van der Waals surface area contributed by atoms with Crippen molar-refractivity contribution in [2.75, 3.05) is 40.9 Å². The van der Waals surface area contributed by atoms with Crippen LogP contribution in [0.4, 0.5) is 0 Å². The van der Waals surface area contributed by atoms with E-state index in [9.17, 15) is 19.4 Å². The molecular weight excluding hydrogens is 876 g/mol. The van der Waals surface area contributed by atoms with Crippen LogP contribution >= 0.6 is 7.82 Å². The minimum absolute atomic E-state index is 0.0135. The molecule has 0 rings (SSSR count). The number of nitrogens with one attached hydrogen (secondary N) is 1. The van der Waals surface area contributed by atoms with Crippen LogP contribution in [-0.4, -0.2) is 68.5 Å². The summed E-state index contributed by atoms with van der Waals surface area (Å²) in [6.45, 7) is 4.66. The smallest absolute Gasteiger partial charge is 0.268 e. The van der Waals surface area contributed by atoms with Crippen LogP contribution in [0.5, 0.6) is 0 Å². The van der Waals surface area contributed by atoms with Crippen LogP contribution in [0.2, 0.25) is 0 Å². The molecule has 0 saturated heterocycles.